The first-order valence-electron chi connectivity index (χ1n) is 8.47. The molecule has 2 unspecified atom stereocenters. The lowest BCUT2D eigenvalue weighted by molar-refractivity contribution is -0.120. The van der Waals surface area contributed by atoms with Crippen molar-refractivity contribution < 1.29 is 22.7 Å². The Kier molecular flexibility index (Phi) is 4.38. The van der Waals surface area contributed by atoms with Gasteiger partial charge >= 0.3 is 0 Å². The van der Waals surface area contributed by atoms with Gasteiger partial charge in [-0.3, -0.25) is 4.79 Å². The van der Waals surface area contributed by atoms with Gasteiger partial charge in [-0.25, -0.2) is 8.42 Å². The van der Waals surface area contributed by atoms with Gasteiger partial charge in [0.15, 0.2) is 26.5 Å². The highest BCUT2D eigenvalue weighted by Gasteiger charge is 2.48. The van der Waals surface area contributed by atoms with E-state index < -0.39 is 9.84 Å². The average molecular weight is 396 g/mol. The second kappa shape index (κ2) is 6.45. The number of amides is 1. The molecule has 26 heavy (non-hydrogen) atoms. The standard InChI is InChI=1S/C17H20N2O5S2/c1-10(2)16(20)18-17-19(12-7-26(21,22)8-15(12)25-17)6-11-3-4-13-14(5-11)24-9-23-13/h3-5,10,12,15H,6-9H2,1-2H3. The molecule has 0 aliphatic carbocycles. The van der Waals surface area contributed by atoms with Crippen molar-refractivity contribution in [3.8, 4) is 11.5 Å². The van der Waals surface area contributed by atoms with Gasteiger partial charge in [-0.05, 0) is 17.7 Å². The van der Waals surface area contributed by atoms with Crippen LogP contribution in [0.25, 0.3) is 0 Å². The number of nitrogens with zero attached hydrogens (tertiary/aromatic N) is 2. The van der Waals surface area contributed by atoms with Gasteiger partial charge in [-0.15, -0.1) is 0 Å². The number of sulfone groups is 1. The van der Waals surface area contributed by atoms with Gasteiger partial charge < -0.3 is 14.4 Å². The number of thioether (sulfide) groups is 1. The number of ether oxygens (including phenoxy) is 2. The van der Waals surface area contributed by atoms with Gasteiger partial charge in [0.1, 0.15) is 0 Å². The highest BCUT2D eigenvalue weighted by Crippen LogP contribution is 2.40. The molecule has 1 aromatic rings. The van der Waals surface area contributed by atoms with Gasteiger partial charge in [-0.1, -0.05) is 31.7 Å². The molecule has 2 saturated heterocycles. The quantitative estimate of drug-likeness (QED) is 0.768. The highest BCUT2D eigenvalue weighted by atomic mass is 32.2. The van der Waals surface area contributed by atoms with Crippen molar-refractivity contribution in [1.29, 1.82) is 0 Å². The number of aliphatic imine (C=N–C) groups is 1. The molecule has 0 radical (unpaired) electrons. The van der Waals surface area contributed by atoms with Crippen LogP contribution in [0.4, 0.5) is 0 Å². The predicted molar refractivity (Wildman–Crippen MR) is 99.2 cm³/mol. The van der Waals surface area contributed by atoms with E-state index in [0.29, 0.717) is 23.2 Å². The average Bonchev–Trinajstić information content (AvgIpc) is 3.21. The second-order valence-electron chi connectivity index (χ2n) is 7.00. The smallest absolute Gasteiger partial charge is 0.250 e. The van der Waals surface area contributed by atoms with Crippen molar-refractivity contribution in [3.63, 3.8) is 0 Å². The molecule has 2 atom stereocenters. The maximum absolute atomic E-state index is 12.1. The topological polar surface area (TPSA) is 85.3 Å². The van der Waals surface area contributed by atoms with Crippen LogP contribution in [0.1, 0.15) is 19.4 Å². The molecular weight excluding hydrogens is 376 g/mol. The second-order valence-corrected chi connectivity index (χ2v) is 10.4. The zero-order chi connectivity index (χ0) is 18.5. The first-order chi connectivity index (χ1) is 12.3. The summed E-state index contributed by atoms with van der Waals surface area (Å²) in [5.74, 6) is 1.24. The minimum Gasteiger partial charge on any atom is -0.454 e. The largest absolute Gasteiger partial charge is 0.454 e. The molecule has 0 N–H and O–H groups in total. The summed E-state index contributed by atoms with van der Waals surface area (Å²) in [5.41, 5.74) is 0.962. The van der Waals surface area contributed by atoms with Crippen molar-refractivity contribution in [2.45, 2.75) is 31.7 Å². The van der Waals surface area contributed by atoms with Crippen LogP contribution in [0.5, 0.6) is 11.5 Å². The fourth-order valence-corrected chi connectivity index (χ4v) is 7.24. The molecule has 0 saturated carbocycles. The summed E-state index contributed by atoms with van der Waals surface area (Å²) >= 11 is 1.40. The minimum absolute atomic E-state index is 0.0762. The first-order valence-corrected chi connectivity index (χ1v) is 11.2. The summed E-state index contributed by atoms with van der Waals surface area (Å²) in [6, 6.07) is 5.51. The Morgan fingerprint density at radius 1 is 1.31 bits per heavy atom. The summed E-state index contributed by atoms with van der Waals surface area (Å²) in [5, 5.41) is 0.541. The zero-order valence-electron chi connectivity index (χ0n) is 14.5. The Balaban J connectivity index is 1.63. The minimum atomic E-state index is -3.06. The fraction of sp³-hybridized carbons (Fsp3) is 0.529. The van der Waals surface area contributed by atoms with E-state index in [-0.39, 0.29) is 41.4 Å². The Morgan fingerprint density at radius 3 is 2.85 bits per heavy atom. The van der Waals surface area contributed by atoms with Crippen molar-refractivity contribution >= 4 is 32.7 Å². The number of amidine groups is 1. The summed E-state index contributed by atoms with van der Waals surface area (Å²) in [6.45, 7) is 4.29. The molecule has 0 spiro atoms. The summed E-state index contributed by atoms with van der Waals surface area (Å²) in [7, 11) is -3.06. The maximum atomic E-state index is 12.1. The number of carbonyl (C=O) groups is 1. The predicted octanol–water partition coefficient (Wildman–Crippen LogP) is 1.67. The zero-order valence-corrected chi connectivity index (χ0v) is 16.2. The Bertz CT molecular complexity index is 881. The molecule has 9 heteroatoms. The molecule has 7 nitrogen and oxygen atoms in total. The van der Waals surface area contributed by atoms with E-state index in [0.717, 1.165) is 5.56 Å². The molecule has 0 aromatic heterocycles. The maximum Gasteiger partial charge on any atom is 0.250 e. The number of carbonyl (C=O) groups excluding carboxylic acids is 1. The van der Waals surface area contributed by atoms with Gasteiger partial charge in [0.2, 0.25) is 6.79 Å². The van der Waals surface area contributed by atoms with Gasteiger partial charge in [0.05, 0.1) is 17.5 Å². The Labute approximate surface area is 156 Å². The molecule has 1 aromatic carbocycles. The SMILES string of the molecule is CC(C)C(=O)N=C1SC2CS(=O)(=O)CC2N1Cc1ccc2c(c1)OCO2. The lowest BCUT2D eigenvalue weighted by Crippen LogP contribution is -2.37. The normalized spacial score (nSPS) is 27.3. The van der Waals surface area contributed by atoms with Crippen LogP contribution in [-0.4, -0.2) is 54.0 Å². The number of benzene rings is 1. The third-order valence-electron chi connectivity index (χ3n) is 4.66. The molecule has 0 bridgehead atoms. The molecule has 1 amide bonds. The van der Waals surface area contributed by atoms with Gasteiger partial charge in [0, 0.05) is 17.7 Å². The van der Waals surface area contributed by atoms with Crippen LogP contribution in [0.3, 0.4) is 0 Å². The number of hydrogen-bond donors (Lipinski definition) is 0. The molecule has 140 valence electrons. The third kappa shape index (κ3) is 3.29. The van der Waals surface area contributed by atoms with Crippen LogP contribution in [-0.2, 0) is 21.2 Å². The van der Waals surface area contributed by atoms with Gasteiger partial charge in [0.25, 0.3) is 5.91 Å². The molecule has 4 rings (SSSR count). The monoisotopic (exact) mass is 396 g/mol. The lowest BCUT2D eigenvalue weighted by Gasteiger charge is -2.24. The molecule has 3 heterocycles. The third-order valence-corrected chi connectivity index (χ3v) is 7.91. The summed E-state index contributed by atoms with van der Waals surface area (Å²) in [6.07, 6.45) is 0. The lowest BCUT2D eigenvalue weighted by atomic mass is 10.1. The number of rotatable bonds is 3. The van der Waals surface area contributed by atoms with Crippen LogP contribution in [0, 0.1) is 5.92 Å². The van der Waals surface area contributed by atoms with E-state index in [1.807, 2.05) is 23.1 Å². The van der Waals surface area contributed by atoms with Crippen molar-refractivity contribution in [2.75, 3.05) is 18.3 Å². The highest BCUT2D eigenvalue weighted by molar-refractivity contribution is 8.15. The summed E-state index contributed by atoms with van der Waals surface area (Å²) in [4.78, 5) is 18.3. The van der Waals surface area contributed by atoms with Crippen molar-refractivity contribution in [1.82, 2.24) is 4.90 Å². The van der Waals surface area contributed by atoms with E-state index >= 15 is 0 Å². The van der Waals surface area contributed by atoms with E-state index in [4.69, 9.17) is 9.47 Å². The molecular formula is C17H20N2O5S2. The molecule has 2 fully saturated rings. The van der Waals surface area contributed by atoms with Crippen molar-refractivity contribution in [2.24, 2.45) is 10.9 Å². The van der Waals surface area contributed by atoms with Crippen LogP contribution in [0.2, 0.25) is 0 Å². The molecule has 3 aliphatic rings. The van der Waals surface area contributed by atoms with Crippen LogP contribution < -0.4 is 9.47 Å². The Morgan fingerprint density at radius 2 is 2.08 bits per heavy atom. The number of fused-ring (bicyclic) bond motifs is 2. The van der Waals surface area contributed by atoms with Gasteiger partial charge in [-0.2, -0.15) is 4.99 Å². The first kappa shape index (κ1) is 17.7. The molecule has 3 aliphatic heterocycles. The van der Waals surface area contributed by atoms with E-state index in [2.05, 4.69) is 4.99 Å². The van der Waals surface area contributed by atoms with E-state index in [9.17, 15) is 13.2 Å². The number of hydrogen-bond acceptors (Lipinski definition) is 6. The fourth-order valence-electron chi connectivity index (χ4n) is 3.28. The Hall–Kier alpha value is -1.74. The van der Waals surface area contributed by atoms with Crippen LogP contribution in [0.15, 0.2) is 23.2 Å². The van der Waals surface area contributed by atoms with Crippen molar-refractivity contribution in [3.05, 3.63) is 23.8 Å². The van der Waals surface area contributed by atoms with E-state index in [1.165, 1.54) is 11.8 Å². The summed E-state index contributed by atoms with van der Waals surface area (Å²) < 4.78 is 34.9. The van der Waals surface area contributed by atoms with E-state index in [1.54, 1.807) is 13.8 Å². The van der Waals surface area contributed by atoms with Crippen LogP contribution >= 0.6 is 11.8 Å².